The van der Waals surface area contributed by atoms with E-state index in [0.29, 0.717) is 0 Å². The first-order valence-corrected chi connectivity index (χ1v) is 23.2. The molecular formula is C66H38O. The SMILES string of the molecule is c1ccc2c(c1)ccc1ccc(-c3c4ccccc4c(-c4c5ccccc5c(-c5ccc6c(c5)oc5cc7c8ccccc8c8ccccc8c7cc56)c5ccccc45)c4ccccc34)cc12. The molecular weight excluding hydrogens is 809 g/mol. The Morgan fingerprint density at radius 3 is 1.03 bits per heavy atom. The van der Waals surface area contributed by atoms with Crippen LogP contribution in [0.5, 0.6) is 0 Å². The molecule has 0 N–H and O–H groups in total. The van der Waals surface area contributed by atoms with Crippen molar-refractivity contribution in [2.45, 2.75) is 0 Å². The van der Waals surface area contributed by atoms with Crippen LogP contribution in [0.4, 0.5) is 0 Å². The first-order chi connectivity index (χ1) is 33.2. The molecule has 0 atom stereocenters. The summed E-state index contributed by atoms with van der Waals surface area (Å²) in [6.07, 6.45) is 0. The Kier molecular flexibility index (Phi) is 7.56. The van der Waals surface area contributed by atoms with Crippen molar-refractivity contribution in [2.75, 3.05) is 0 Å². The van der Waals surface area contributed by atoms with Crippen molar-refractivity contribution in [3.05, 3.63) is 231 Å². The van der Waals surface area contributed by atoms with Gasteiger partial charge in [0.1, 0.15) is 11.2 Å². The highest BCUT2D eigenvalue weighted by Gasteiger charge is 2.23. The molecule has 14 aromatic carbocycles. The fourth-order valence-electron chi connectivity index (χ4n) is 11.9. The van der Waals surface area contributed by atoms with Gasteiger partial charge in [0, 0.05) is 10.8 Å². The Morgan fingerprint density at radius 1 is 0.179 bits per heavy atom. The maximum absolute atomic E-state index is 6.89. The van der Waals surface area contributed by atoms with E-state index in [1.165, 1.54) is 125 Å². The molecule has 0 amide bonds. The standard InChI is InChI=1S/C66H38O/c1-2-16-43-39(15-1)29-30-40-31-32-41(35-57(40)43)63-49-21-7-11-25-53(49)65(54-26-12-8-22-50(54)63)66-55-27-13-9-23-51(55)64(52-24-10-14-28-56(52)66)42-33-34-48-60-37-58-46-19-5-3-17-44(46)45-18-4-6-20-47(45)59(58)38-62(60)67-61(48)36-42/h1-38H. The van der Waals surface area contributed by atoms with Crippen LogP contribution in [0.1, 0.15) is 0 Å². The highest BCUT2D eigenvalue weighted by atomic mass is 16.3. The Labute approximate surface area is 385 Å². The average molecular weight is 847 g/mol. The number of hydrogen-bond acceptors (Lipinski definition) is 1. The molecule has 1 nitrogen and oxygen atoms in total. The highest BCUT2D eigenvalue weighted by Crippen LogP contribution is 2.51. The van der Waals surface area contributed by atoms with Gasteiger partial charge < -0.3 is 4.42 Å². The molecule has 0 aliphatic heterocycles. The van der Waals surface area contributed by atoms with Crippen molar-refractivity contribution in [1.29, 1.82) is 0 Å². The third kappa shape index (κ3) is 5.20. The van der Waals surface area contributed by atoms with E-state index in [0.717, 1.165) is 27.5 Å². The van der Waals surface area contributed by atoms with Crippen LogP contribution in [0.2, 0.25) is 0 Å². The van der Waals surface area contributed by atoms with Gasteiger partial charge in [0.25, 0.3) is 0 Å². The number of hydrogen-bond donors (Lipinski definition) is 0. The molecule has 0 spiro atoms. The Bertz CT molecular complexity index is 4510. The summed E-state index contributed by atoms with van der Waals surface area (Å²) < 4.78 is 6.89. The van der Waals surface area contributed by atoms with Crippen LogP contribution in [0.25, 0.3) is 152 Å². The molecule has 0 saturated carbocycles. The minimum absolute atomic E-state index is 0.892. The van der Waals surface area contributed by atoms with Gasteiger partial charge in [-0.15, -0.1) is 0 Å². The molecule has 1 aromatic heterocycles. The molecule has 1 heteroatoms. The van der Waals surface area contributed by atoms with E-state index in [1.54, 1.807) is 0 Å². The lowest BCUT2D eigenvalue weighted by Crippen LogP contribution is -1.94. The Hall–Kier alpha value is -8.78. The van der Waals surface area contributed by atoms with Gasteiger partial charge in [0.15, 0.2) is 0 Å². The van der Waals surface area contributed by atoms with Crippen LogP contribution >= 0.6 is 0 Å². The number of fused-ring (bicyclic) bond motifs is 16. The summed E-state index contributed by atoms with van der Waals surface area (Å²) in [7, 11) is 0. The lowest BCUT2D eigenvalue weighted by molar-refractivity contribution is 0.669. The van der Waals surface area contributed by atoms with Crippen molar-refractivity contribution >= 4 is 119 Å². The zero-order valence-corrected chi connectivity index (χ0v) is 36.3. The summed E-state index contributed by atoms with van der Waals surface area (Å²) in [6, 6.07) is 85.4. The summed E-state index contributed by atoms with van der Waals surface area (Å²) in [4.78, 5) is 0. The van der Waals surface area contributed by atoms with Gasteiger partial charge in [-0.2, -0.15) is 0 Å². The van der Waals surface area contributed by atoms with Crippen LogP contribution in [-0.2, 0) is 0 Å². The van der Waals surface area contributed by atoms with Crippen molar-refractivity contribution < 1.29 is 4.42 Å². The Balaban J connectivity index is 0.982. The summed E-state index contributed by atoms with van der Waals surface area (Å²) in [5.41, 5.74) is 9.17. The highest BCUT2D eigenvalue weighted by molar-refractivity contribution is 6.31. The van der Waals surface area contributed by atoms with Gasteiger partial charge in [0.05, 0.1) is 0 Å². The van der Waals surface area contributed by atoms with Crippen molar-refractivity contribution in [3.8, 4) is 33.4 Å². The predicted octanol–water partition coefficient (Wildman–Crippen LogP) is 19.0. The van der Waals surface area contributed by atoms with Crippen molar-refractivity contribution in [2.24, 2.45) is 0 Å². The van der Waals surface area contributed by atoms with Crippen LogP contribution in [-0.4, -0.2) is 0 Å². The van der Waals surface area contributed by atoms with Crippen LogP contribution < -0.4 is 0 Å². The summed E-state index contributed by atoms with van der Waals surface area (Å²) in [5, 5.41) is 24.7. The smallest absolute Gasteiger partial charge is 0.136 e. The molecule has 0 saturated heterocycles. The molecule has 0 bridgehead atoms. The third-order valence-corrected chi connectivity index (χ3v) is 14.8. The van der Waals surface area contributed by atoms with E-state index in [9.17, 15) is 0 Å². The van der Waals surface area contributed by atoms with Gasteiger partial charge in [-0.3, -0.25) is 0 Å². The molecule has 15 rings (SSSR count). The summed E-state index contributed by atoms with van der Waals surface area (Å²) >= 11 is 0. The summed E-state index contributed by atoms with van der Waals surface area (Å²) in [5.74, 6) is 0. The predicted molar refractivity (Wildman–Crippen MR) is 288 cm³/mol. The number of benzene rings is 14. The minimum atomic E-state index is 0.892. The Morgan fingerprint density at radius 2 is 0.522 bits per heavy atom. The molecule has 0 aliphatic carbocycles. The second kappa shape index (κ2) is 13.9. The zero-order chi connectivity index (χ0) is 43.7. The van der Waals surface area contributed by atoms with Crippen LogP contribution in [0.15, 0.2) is 235 Å². The van der Waals surface area contributed by atoms with Crippen molar-refractivity contribution in [1.82, 2.24) is 0 Å². The topological polar surface area (TPSA) is 13.1 Å². The first-order valence-electron chi connectivity index (χ1n) is 23.2. The van der Waals surface area contributed by atoms with E-state index in [4.69, 9.17) is 4.42 Å². The van der Waals surface area contributed by atoms with E-state index < -0.39 is 0 Å². The molecule has 308 valence electrons. The summed E-state index contributed by atoms with van der Waals surface area (Å²) in [6.45, 7) is 0. The van der Waals surface area contributed by atoms with Gasteiger partial charge in [-0.05, 0) is 161 Å². The zero-order valence-electron chi connectivity index (χ0n) is 36.3. The van der Waals surface area contributed by atoms with Crippen LogP contribution in [0, 0.1) is 0 Å². The van der Waals surface area contributed by atoms with Crippen LogP contribution in [0.3, 0.4) is 0 Å². The van der Waals surface area contributed by atoms with Gasteiger partial charge in [-0.25, -0.2) is 0 Å². The number of furan rings is 1. The van der Waals surface area contributed by atoms with Crippen molar-refractivity contribution in [3.63, 3.8) is 0 Å². The van der Waals surface area contributed by atoms with Gasteiger partial charge in [0.2, 0.25) is 0 Å². The normalized spacial score (nSPS) is 12.2. The van der Waals surface area contributed by atoms with Gasteiger partial charge >= 0.3 is 0 Å². The average Bonchev–Trinajstić information content (AvgIpc) is 3.76. The largest absolute Gasteiger partial charge is 0.456 e. The lowest BCUT2D eigenvalue weighted by atomic mass is 9.81. The molecule has 0 fully saturated rings. The second-order valence-electron chi connectivity index (χ2n) is 18.2. The third-order valence-electron chi connectivity index (χ3n) is 14.8. The fraction of sp³-hybridized carbons (Fsp3) is 0. The van der Waals surface area contributed by atoms with E-state index >= 15 is 0 Å². The fourth-order valence-corrected chi connectivity index (χ4v) is 11.9. The minimum Gasteiger partial charge on any atom is -0.456 e. The molecule has 0 unspecified atom stereocenters. The first kappa shape index (κ1) is 36.5. The molecule has 0 aliphatic rings. The van der Waals surface area contributed by atoms with E-state index in [-0.39, 0.29) is 0 Å². The monoisotopic (exact) mass is 846 g/mol. The van der Waals surface area contributed by atoms with E-state index in [2.05, 4.69) is 231 Å². The lowest BCUT2D eigenvalue weighted by Gasteiger charge is -2.22. The molecule has 0 radical (unpaired) electrons. The molecule has 1 heterocycles. The maximum Gasteiger partial charge on any atom is 0.136 e. The quantitative estimate of drug-likeness (QED) is 0.128. The second-order valence-corrected chi connectivity index (χ2v) is 18.2. The van der Waals surface area contributed by atoms with E-state index in [1.807, 2.05) is 0 Å². The van der Waals surface area contributed by atoms with Gasteiger partial charge in [-0.1, -0.05) is 200 Å². The molecule has 15 aromatic rings. The number of rotatable bonds is 3. The maximum atomic E-state index is 6.89. The molecule has 67 heavy (non-hydrogen) atoms.